The van der Waals surface area contributed by atoms with Crippen molar-refractivity contribution < 1.29 is 0 Å². The molecular formula is C64H44N2. The Morgan fingerprint density at radius 2 is 0.636 bits per heavy atom. The van der Waals surface area contributed by atoms with Crippen LogP contribution in [0, 0.1) is 0 Å². The van der Waals surface area contributed by atoms with Crippen molar-refractivity contribution in [2.75, 3.05) is 4.90 Å². The van der Waals surface area contributed by atoms with Crippen molar-refractivity contribution in [1.29, 1.82) is 0 Å². The molecule has 2 heteroatoms. The predicted molar refractivity (Wildman–Crippen MR) is 280 cm³/mol. The summed E-state index contributed by atoms with van der Waals surface area (Å²) in [6.07, 6.45) is 0. The zero-order valence-electron chi connectivity index (χ0n) is 36.3. The van der Waals surface area contributed by atoms with Crippen molar-refractivity contribution in [3.8, 4) is 61.3 Å². The molecule has 0 fully saturated rings. The van der Waals surface area contributed by atoms with Gasteiger partial charge in [0.05, 0.1) is 16.7 Å². The minimum Gasteiger partial charge on any atom is -0.310 e. The molecule has 0 saturated heterocycles. The van der Waals surface area contributed by atoms with E-state index in [1.54, 1.807) is 0 Å². The Labute approximate surface area is 385 Å². The maximum absolute atomic E-state index is 2.39. The van der Waals surface area contributed by atoms with Crippen molar-refractivity contribution in [3.63, 3.8) is 0 Å². The summed E-state index contributed by atoms with van der Waals surface area (Å²) in [6.45, 7) is 0. The van der Waals surface area contributed by atoms with Gasteiger partial charge in [-0.05, 0) is 122 Å². The number of anilines is 3. The fraction of sp³-hybridized carbons (Fsp3) is 0. The van der Waals surface area contributed by atoms with Crippen LogP contribution in [0.5, 0.6) is 0 Å². The molecule has 0 saturated carbocycles. The third-order valence-corrected chi connectivity index (χ3v) is 13.0. The maximum atomic E-state index is 2.39. The third-order valence-electron chi connectivity index (χ3n) is 13.0. The number of para-hydroxylation sites is 1. The second-order valence-corrected chi connectivity index (χ2v) is 16.9. The highest BCUT2D eigenvalue weighted by atomic mass is 15.1. The van der Waals surface area contributed by atoms with Crippen molar-refractivity contribution >= 4 is 49.6 Å². The van der Waals surface area contributed by atoms with Crippen LogP contribution in [0.3, 0.4) is 0 Å². The van der Waals surface area contributed by atoms with Gasteiger partial charge in [0.15, 0.2) is 0 Å². The fourth-order valence-electron chi connectivity index (χ4n) is 9.73. The van der Waals surface area contributed by atoms with Gasteiger partial charge in [0, 0.05) is 33.2 Å². The van der Waals surface area contributed by atoms with Crippen molar-refractivity contribution in [3.05, 3.63) is 267 Å². The van der Waals surface area contributed by atoms with E-state index >= 15 is 0 Å². The molecule has 0 aliphatic rings. The molecule has 0 unspecified atom stereocenters. The Kier molecular flexibility index (Phi) is 9.89. The van der Waals surface area contributed by atoms with E-state index in [2.05, 4.69) is 276 Å². The molecule has 0 atom stereocenters. The molecule has 12 rings (SSSR count). The molecule has 0 bridgehead atoms. The monoisotopic (exact) mass is 840 g/mol. The van der Waals surface area contributed by atoms with Crippen LogP contribution in [-0.4, -0.2) is 4.57 Å². The molecule has 12 aromatic rings. The van der Waals surface area contributed by atoms with Gasteiger partial charge in [-0.25, -0.2) is 0 Å². The van der Waals surface area contributed by atoms with E-state index in [0.717, 1.165) is 22.7 Å². The van der Waals surface area contributed by atoms with E-state index in [4.69, 9.17) is 0 Å². The van der Waals surface area contributed by atoms with Gasteiger partial charge >= 0.3 is 0 Å². The fourth-order valence-corrected chi connectivity index (χ4v) is 9.73. The molecule has 1 heterocycles. The summed E-state index contributed by atoms with van der Waals surface area (Å²) < 4.78 is 2.39. The van der Waals surface area contributed by atoms with E-state index < -0.39 is 0 Å². The number of fused-ring (bicyclic) bond motifs is 4. The van der Waals surface area contributed by atoms with Crippen molar-refractivity contribution in [2.24, 2.45) is 0 Å². The molecule has 0 N–H and O–H groups in total. The molecule has 1 aromatic heterocycles. The second-order valence-electron chi connectivity index (χ2n) is 16.9. The normalized spacial score (nSPS) is 11.3. The lowest BCUT2D eigenvalue weighted by atomic mass is 9.96. The van der Waals surface area contributed by atoms with Crippen LogP contribution in [0.25, 0.3) is 93.9 Å². The van der Waals surface area contributed by atoms with Gasteiger partial charge in [-0.3, -0.25) is 0 Å². The first-order valence-electron chi connectivity index (χ1n) is 22.7. The van der Waals surface area contributed by atoms with Gasteiger partial charge in [0.2, 0.25) is 0 Å². The molecule has 0 aliphatic carbocycles. The zero-order valence-corrected chi connectivity index (χ0v) is 36.3. The highest BCUT2D eigenvalue weighted by Crippen LogP contribution is 2.43. The Bertz CT molecular complexity index is 3630. The number of nitrogens with zero attached hydrogens (tertiary/aromatic N) is 2. The van der Waals surface area contributed by atoms with Gasteiger partial charge in [-0.2, -0.15) is 0 Å². The molecule has 0 radical (unpaired) electrons. The Morgan fingerprint density at radius 3 is 1.20 bits per heavy atom. The van der Waals surface area contributed by atoms with Crippen LogP contribution in [0.1, 0.15) is 0 Å². The maximum Gasteiger partial charge on any atom is 0.0541 e. The van der Waals surface area contributed by atoms with Crippen LogP contribution in [0.4, 0.5) is 17.1 Å². The van der Waals surface area contributed by atoms with E-state index in [0.29, 0.717) is 0 Å². The van der Waals surface area contributed by atoms with E-state index in [1.807, 2.05) is 0 Å². The van der Waals surface area contributed by atoms with Crippen LogP contribution in [0.15, 0.2) is 267 Å². The van der Waals surface area contributed by atoms with E-state index in [1.165, 1.54) is 88.2 Å². The number of rotatable bonds is 9. The molecule has 2 nitrogen and oxygen atoms in total. The second kappa shape index (κ2) is 16.8. The highest BCUT2D eigenvalue weighted by molar-refractivity contribution is 6.11. The first kappa shape index (κ1) is 38.9. The van der Waals surface area contributed by atoms with E-state index in [9.17, 15) is 0 Å². The Morgan fingerprint density at radius 1 is 0.242 bits per heavy atom. The Balaban J connectivity index is 0.874. The summed E-state index contributed by atoms with van der Waals surface area (Å²) in [6, 6.07) is 96.7. The zero-order chi connectivity index (χ0) is 43.8. The minimum atomic E-state index is 1.10. The van der Waals surface area contributed by atoms with E-state index in [-0.39, 0.29) is 0 Å². The number of benzene rings is 11. The molecule has 66 heavy (non-hydrogen) atoms. The van der Waals surface area contributed by atoms with Gasteiger partial charge in [0.1, 0.15) is 0 Å². The molecule has 0 amide bonds. The topological polar surface area (TPSA) is 8.17 Å². The lowest BCUT2D eigenvalue weighted by molar-refractivity contribution is 1.18. The smallest absolute Gasteiger partial charge is 0.0541 e. The number of hydrogen-bond donors (Lipinski definition) is 0. The van der Waals surface area contributed by atoms with Gasteiger partial charge < -0.3 is 9.47 Å². The average Bonchev–Trinajstić information content (AvgIpc) is 3.74. The summed E-state index contributed by atoms with van der Waals surface area (Å²) in [5.41, 5.74) is 18.9. The summed E-state index contributed by atoms with van der Waals surface area (Å²) in [7, 11) is 0. The summed E-state index contributed by atoms with van der Waals surface area (Å²) in [4.78, 5) is 2.39. The minimum absolute atomic E-state index is 1.10. The SMILES string of the molecule is c1ccc(-c2ccc(N(c3ccc(-c4ccc(-c5ccc6c(c5)c5ccccc5n6-c5ccc(-c6ccccc6)cc5)cc4)cc3)c3ccc(-c4ccccc4)c4ccccc34)cc2)cc1. The van der Waals surface area contributed by atoms with Gasteiger partial charge in [-0.15, -0.1) is 0 Å². The average molecular weight is 841 g/mol. The summed E-state index contributed by atoms with van der Waals surface area (Å²) >= 11 is 0. The van der Waals surface area contributed by atoms with Gasteiger partial charge in [-0.1, -0.05) is 206 Å². The number of aromatic nitrogens is 1. The lowest BCUT2D eigenvalue weighted by Crippen LogP contribution is -2.10. The molecular weight excluding hydrogens is 797 g/mol. The first-order valence-corrected chi connectivity index (χ1v) is 22.7. The lowest BCUT2D eigenvalue weighted by Gasteiger charge is -2.28. The molecule has 11 aromatic carbocycles. The van der Waals surface area contributed by atoms with Crippen molar-refractivity contribution in [1.82, 2.24) is 4.57 Å². The van der Waals surface area contributed by atoms with Gasteiger partial charge in [0.25, 0.3) is 0 Å². The van der Waals surface area contributed by atoms with Crippen LogP contribution in [-0.2, 0) is 0 Å². The van der Waals surface area contributed by atoms with Crippen LogP contribution >= 0.6 is 0 Å². The van der Waals surface area contributed by atoms with Crippen molar-refractivity contribution in [2.45, 2.75) is 0 Å². The molecule has 0 spiro atoms. The Hall–Kier alpha value is -8.72. The standard InChI is InChI=1S/C64H44N2/c1-4-14-45(15-5-1)48-28-35-54(36-29-48)65(63-43-41-57(52-18-8-3-9-19-52)58-20-10-11-21-59(58)63)55-37-30-50(31-38-55)47-24-26-51(27-25-47)53-34-42-64-61(44-53)60-22-12-13-23-62(60)66(64)56-39-32-49(33-40-56)46-16-6-2-7-17-46/h1-44H. The number of hydrogen-bond acceptors (Lipinski definition) is 1. The molecule has 310 valence electrons. The quantitative estimate of drug-likeness (QED) is 0.141. The van der Waals surface area contributed by atoms with Crippen LogP contribution < -0.4 is 4.90 Å². The van der Waals surface area contributed by atoms with Crippen LogP contribution in [0.2, 0.25) is 0 Å². The highest BCUT2D eigenvalue weighted by Gasteiger charge is 2.19. The largest absolute Gasteiger partial charge is 0.310 e. The summed E-state index contributed by atoms with van der Waals surface area (Å²) in [5.74, 6) is 0. The summed E-state index contributed by atoms with van der Waals surface area (Å²) in [5, 5.41) is 4.92. The molecule has 0 aliphatic heterocycles. The predicted octanol–water partition coefficient (Wildman–Crippen LogP) is 17.7. The first-order chi connectivity index (χ1) is 32.7. The third kappa shape index (κ3) is 7.12.